The van der Waals surface area contributed by atoms with E-state index in [1.807, 2.05) is 6.92 Å². The number of nitrogens with one attached hydrogen (secondary N) is 1. The molecule has 2 aromatic rings. The Labute approximate surface area is 114 Å². The second kappa shape index (κ2) is 5.44. The van der Waals surface area contributed by atoms with Crippen molar-refractivity contribution in [3.05, 3.63) is 35.8 Å². The van der Waals surface area contributed by atoms with Gasteiger partial charge in [-0.3, -0.25) is 4.98 Å². The molecule has 0 fully saturated rings. The maximum atomic E-state index is 13.0. The largest absolute Gasteiger partial charge is 0.417 e. The Morgan fingerprint density at radius 3 is 2.65 bits per heavy atom. The second-order valence-corrected chi connectivity index (χ2v) is 4.17. The number of hydrogen-bond donors (Lipinski definition) is 1. The summed E-state index contributed by atoms with van der Waals surface area (Å²) < 4.78 is 39.1. The van der Waals surface area contributed by atoms with E-state index in [-0.39, 0.29) is 11.3 Å². The number of nitrogens with zero attached hydrogens (tertiary/aromatic N) is 3. The Hall–Kier alpha value is -2.18. The third-order valence-electron chi connectivity index (χ3n) is 2.69. The summed E-state index contributed by atoms with van der Waals surface area (Å²) in [5, 5.41) is 2.88. The first-order valence-corrected chi connectivity index (χ1v) is 6.02. The molecule has 0 unspecified atom stereocenters. The molecule has 0 bridgehead atoms. The molecule has 0 radical (unpaired) electrons. The molecule has 4 nitrogen and oxygen atoms in total. The van der Waals surface area contributed by atoms with Gasteiger partial charge in [-0.2, -0.15) is 13.2 Å². The molecule has 0 spiro atoms. The van der Waals surface area contributed by atoms with Crippen LogP contribution in [0.3, 0.4) is 0 Å². The molecule has 7 heteroatoms. The predicted molar refractivity (Wildman–Crippen MR) is 69.2 cm³/mol. The summed E-state index contributed by atoms with van der Waals surface area (Å²) in [6.07, 6.45) is -0.663. The first-order chi connectivity index (χ1) is 9.43. The van der Waals surface area contributed by atoms with Gasteiger partial charge in [-0.05, 0) is 25.5 Å². The van der Waals surface area contributed by atoms with E-state index in [0.29, 0.717) is 18.1 Å². The quantitative estimate of drug-likeness (QED) is 0.938. The number of halogens is 3. The number of alkyl halides is 3. The molecule has 2 aromatic heterocycles. The molecule has 2 heterocycles. The maximum absolute atomic E-state index is 13.0. The van der Waals surface area contributed by atoms with Gasteiger partial charge in [0.15, 0.2) is 0 Å². The number of rotatable bonds is 3. The molecule has 0 atom stereocenters. The van der Waals surface area contributed by atoms with Crippen molar-refractivity contribution in [2.45, 2.75) is 20.0 Å². The zero-order chi connectivity index (χ0) is 14.8. The van der Waals surface area contributed by atoms with Gasteiger partial charge in [0, 0.05) is 30.7 Å². The molecule has 2 rings (SSSR count). The van der Waals surface area contributed by atoms with Crippen LogP contribution in [0.15, 0.2) is 24.7 Å². The molecule has 106 valence electrons. The van der Waals surface area contributed by atoms with Gasteiger partial charge in [-0.15, -0.1) is 0 Å². The summed E-state index contributed by atoms with van der Waals surface area (Å²) in [6.45, 7) is 4.11. The third-order valence-corrected chi connectivity index (χ3v) is 2.69. The number of anilines is 1. The highest BCUT2D eigenvalue weighted by molar-refractivity contribution is 5.67. The highest BCUT2D eigenvalue weighted by atomic mass is 19.4. The summed E-state index contributed by atoms with van der Waals surface area (Å²) in [6, 6.07) is 0.948. The van der Waals surface area contributed by atoms with E-state index in [1.165, 1.54) is 12.4 Å². The Morgan fingerprint density at radius 1 is 1.25 bits per heavy atom. The van der Waals surface area contributed by atoms with Crippen molar-refractivity contribution in [1.29, 1.82) is 0 Å². The van der Waals surface area contributed by atoms with E-state index in [0.717, 1.165) is 12.3 Å². The lowest BCUT2D eigenvalue weighted by atomic mass is 10.0. The average Bonchev–Trinajstić information content (AvgIpc) is 2.40. The van der Waals surface area contributed by atoms with Crippen LogP contribution in [0.4, 0.5) is 19.1 Å². The van der Waals surface area contributed by atoms with Crippen LogP contribution in [-0.2, 0) is 6.18 Å². The topological polar surface area (TPSA) is 50.7 Å². The molecule has 0 aliphatic heterocycles. The fourth-order valence-corrected chi connectivity index (χ4v) is 1.79. The van der Waals surface area contributed by atoms with Crippen LogP contribution in [0, 0.1) is 6.92 Å². The summed E-state index contributed by atoms with van der Waals surface area (Å²) >= 11 is 0. The standard InChI is InChI=1S/C13H13F3N4/c1-3-18-12-19-6-8(2)11(20-12)9-7-17-5-4-10(9)13(14,15)16/h4-7H,3H2,1-2H3,(H,18,19,20). The number of aromatic nitrogens is 3. The Balaban J connectivity index is 2.59. The third kappa shape index (κ3) is 2.87. The van der Waals surface area contributed by atoms with Gasteiger partial charge in [0.2, 0.25) is 5.95 Å². The van der Waals surface area contributed by atoms with Gasteiger partial charge >= 0.3 is 6.18 Å². The van der Waals surface area contributed by atoms with Gasteiger partial charge in [0.25, 0.3) is 0 Å². The van der Waals surface area contributed by atoms with Crippen molar-refractivity contribution in [1.82, 2.24) is 15.0 Å². The molecule has 0 aliphatic rings. The van der Waals surface area contributed by atoms with Gasteiger partial charge in [0.05, 0.1) is 11.3 Å². The summed E-state index contributed by atoms with van der Waals surface area (Å²) in [5.41, 5.74) is -0.00247. The maximum Gasteiger partial charge on any atom is 0.417 e. The van der Waals surface area contributed by atoms with Crippen molar-refractivity contribution in [3.63, 3.8) is 0 Å². The van der Waals surface area contributed by atoms with Crippen LogP contribution in [0.5, 0.6) is 0 Å². The minimum Gasteiger partial charge on any atom is -0.354 e. The van der Waals surface area contributed by atoms with Gasteiger partial charge in [-0.25, -0.2) is 9.97 Å². The monoisotopic (exact) mass is 282 g/mol. The number of hydrogen-bond acceptors (Lipinski definition) is 4. The average molecular weight is 282 g/mol. The molecular formula is C13H13F3N4. The Morgan fingerprint density at radius 2 is 2.00 bits per heavy atom. The normalized spacial score (nSPS) is 11.4. The van der Waals surface area contributed by atoms with Crippen LogP contribution < -0.4 is 5.32 Å². The zero-order valence-electron chi connectivity index (χ0n) is 11.0. The van der Waals surface area contributed by atoms with Crippen molar-refractivity contribution in [2.24, 2.45) is 0 Å². The zero-order valence-corrected chi connectivity index (χ0v) is 11.0. The van der Waals surface area contributed by atoms with E-state index in [2.05, 4.69) is 20.3 Å². The lowest BCUT2D eigenvalue weighted by molar-refractivity contribution is -0.137. The molecular weight excluding hydrogens is 269 g/mol. The second-order valence-electron chi connectivity index (χ2n) is 4.17. The van der Waals surface area contributed by atoms with Crippen molar-refractivity contribution < 1.29 is 13.2 Å². The summed E-state index contributed by atoms with van der Waals surface area (Å²) in [4.78, 5) is 11.9. The molecule has 1 N–H and O–H groups in total. The highest BCUT2D eigenvalue weighted by Crippen LogP contribution is 2.36. The van der Waals surface area contributed by atoms with Gasteiger partial charge in [-0.1, -0.05) is 0 Å². The molecule has 0 amide bonds. The first kappa shape index (κ1) is 14.2. The van der Waals surface area contributed by atoms with E-state index >= 15 is 0 Å². The van der Waals surface area contributed by atoms with Crippen LogP contribution in [0.1, 0.15) is 18.1 Å². The van der Waals surface area contributed by atoms with E-state index in [1.54, 1.807) is 6.92 Å². The van der Waals surface area contributed by atoms with E-state index < -0.39 is 11.7 Å². The Bertz CT molecular complexity index is 611. The lowest BCUT2D eigenvalue weighted by Gasteiger charge is -2.13. The fourth-order valence-electron chi connectivity index (χ4n) is 1.79. The van der Waals surface area contributed by atoms with Crippen LogP contribution >= 0.6 is 0 Å². The SMILES string of the molecule is CCNc1ncc(C)c(-c2cnccc2C(F)(F)F)n1. The highest BCUT2D eigenvalue weighted by Gasteiger charge is 2.34. The van der Waals surface area contributed by atoms with Crippen molar-refractivity contribution in [2.75, 3.05) is 11.9 Å². The number of pyridine rings is 1. The minimum absolute atomic E-state index is 0.0425. The Kier molecular flexibility index (Phi) is 3.87. The van der Waals surface area contributed by atoms with Crippen molar-refractivity contribution in [3.8, 4) is 11.3 Å². The van der Waals surface area contributed by atoms with Crippen molar-refractivity contribution >= 4 is 5.95 Å². The molecule has 0 saturated carbocycles. The predicted octanol–water partition coefficient (Wildman–Crippen LogP) is 3.30. The molecule has 0 saturated heterocycles. The molecule has 0 aliphatic carbocycles. The van der Waals surface area contributed by atoms with Crippen LogP contribution in [0.25, 0.3) is 11.3 Å². The smallest absolute Gasteiger partial charge is 0.354 e. The van der Waals surface area contributed by atoms with E-state index in [4.69, 9.17) is 0 Å². The molecule has 20 heavy (non-hydrogen) atoms. The van der Waals surface area contributed by atoms with Gasteiger partial charge < -0.3 is 5.32 Å². The summed E-state index contributed by atoms with van der Waals surface area (Å²) in [7, 11) is 0. The van der Waals surface area contributed by atoms with Crippen LogP contribution in [0.2, 0.25) is 0 Å². The first-order valence-electron chi connectivity index (χ1n) is 6.02. The van der Waals surface area contributed by atoms with Gasteiger partial charge in [0.1, 0.15) is 0 Å². The minimum atomic E-state index is -4.45. The lowest BCUT2D eigenvalue weighted by Crippen LogP contribution is -2.10. The fraction of sp³-hybridized carbons (Fsp3) is 0.308. The number of aryl methyl sites for hydroxylation is 1. The van der Waals surface area contributed by atoms with E-state index in [9.17, 15) is 13.2 Å². The van der Waals surface area contributed by atoms with Crippen LogP contribution in [-0.4, -0.2) is 21.5 Å². The molecule has 0 aromatic carbocycles. The summed E-state index contributed by atoms with van der Waals surface area (Å²) in [5.74, 6) is 0.296.